The summed E-state index contributed by atoms with van der Waals surface area (Å²) in [5, 5.41) is 3.49. The van der Waals surface area contributed by atoms with Crippen molar-refractivity contribution in [3.8, 4) is 0 Å². The van der Waals surface area contributed by atoms with Gasteiger partial charge < -0.3 is 10.2 Å². The molecular formula is C27H27ClN2O2. The Morgan fingerprint density at radius 1 is 0.906 bits per heavy atom. The molecule has 0 aliphatic rings. The lowest BCUT2D eigenvalue weighted by molar-refractivity contribution is -0.141. The number of halogens is 1. The standard InChI is InChI=1S/C27H27ClN2O2/c1-2-19-29-27(32)26(23-11-7-4-8-12-23)30(20-22-13-16-24(28)17-14-22)25(31)18-15-21-9-5-3-6-10-21/h2-14,16-17,26H,1,15,18-20H2,(H,29,32)/t26-/m1/s1. The minimum atomic E-state index is -0.755. The van der Waals surface area contributed by atoms with Gasteiger partial charge in [-0.2, -0.15) is 0 Å². The van der Waals surface area contributed by atoms with Crippen LogP contribution in [0.5, 0.6) is 0 Å². The first-order chi connectivity index (χ1) is 15.6. The third-order valence-electron chi connectivity index (χ3n) is 5.15. The second-order valence-electron chi connectivity index (χ2n) is 7.48. The molecular weight excluding hydrogens is 420 g/mol. The molecule has 1 N–H and O–H groups in total. The van der Waals surface area contributed by atoms with Gasteiger partial charge in [0.25, 0.3) is 0 Å². The number of hydrogen-bond donors (Lipinski definition) is 1. The molecule has 0 saturated carbocycles. The average Bonchev–Trinajstić information content (AvgIpc) is 2.83. The van der Waals surface area contributed by atoms with Crippen molar-refractivity contribution in [1.29, 1.82) is 0 Å². The predicted octanol–water partition coefficient (Wildman–Crippen LogP) is 5.34. The van der Waals surface area contributed by atoms with Crippen LogP contribution in [0.15, 0.2) is 97.6 Å². The van der Waals surface area contributed by atoms with E-state index in [1.165, 1.54) is 0 Å². The zero-order valence-electron chi connectivity index (χ0n) is 17.9. The molecule has 32 heavy (non-hydrogen) atoms. The molecule has 0 aliphatic heterocycles. The van der Waals surface area contributed by atoms with E-state index < -0.39 is 6.04 Å². The fraction of sp³-hybridized carbons (Fsp3) is 0.185. The molecule has 0 aliphatic carbocycles. The largest absolute Gasteiger partial charge is 0.351 e. The highest BCUT2D eigenvalue weighted by Gasteiger charge is 2.31. The van der Waals surface area contributed by atoms with Crippen molar-refractivity contribution in [1.82, 2.24) is 10.2 Å². The normalized spacial score (nSPS) is 11.4. The number of carbonyl (C=O) groups is 2. The van der Waals surface area contributed by atoms with Gasteiger partial charge in [-0.1, -0.05) is 90.5 Å². The summed E-state index contributed by atoms with van der Waals surface area (Å²) >= 11 is 6.04. The Hall–Kier alpha value is -3.37. The van der Waals surface area contributed by atoms with Gasteiger partial charge in [0.15, 0.2) is 0 Å². The first-order valence-corrected chi connectivity index (χ1v) is 11.0. The van der Waals surface area contributed by atoms with Crippen molar-refractivity contribution in [2.75, 3.05) is 6.54 Å². The van der Waals surface area contributed by atoms with Crippen LogP contribution in [0.1, 0.15) is 29.2 Å². The monoisotopic (exact) mass is 446 g/mol. The van der Waals surface area contributed by atoms with E-state index in [1.807, 2.05) is 72.8 Å². The number of nitrogens with one attached hydrogen (secondary N) is 1. The number of aryl methyl sites for hydroxylation is 1. The van der Waals surface area contributed by atoms with Gasteiger partial charge in [-0.05, 0) is 35.2 Å². The maximum atomic E-state index is 13.5. The van der Waals surface area contributed by atoms with E-state index >= 15 is 0 Å². The maximum Gasteiger partial charge on any atom is 0.247 e. The van der Waals surface area contributed by atoms with Crippen molar-refractivity contribution in [3.63, 3.8) is 0 Å². The second-order valence-corrected chi connectivity index (χ2v) is 7.92. The summed E-state index contributed by atoms with van der Waals surface area (Å²) in [7, 11) is 0. The number of carbonyl (C=O) groups excluding carboxylic acids is 2. The molecule has 0 aromatic heterocycles. The Morgan fingerprint density at radius 2 is 1.53 bits per heavy atom. The average molecular weight is 447 g/mol. The van der Waals surface area contributed by atoms with E-state index in [0.29, 0.717) is 31.0 Å². The van der Waals surface area contributed by atoms with Gasteiger partial charge in [0, 0.05) is 24.5 Å². The van der Waals surface area contributed by atoms with Crippen LogP contribution in [0.4, 0.5) is 0 Å². The van der Waals surface area contributed by atoms with Gasteiger partial charge in [-0.25, -0.2) is 0 Å². The molecule has 0 unspecified atom stereocenters. The lowest BCUT2D eigenvalue weighted by Gasteiger charge is -2.31. The summed E-state index contributed by atoms with van der Waals surface area (Å²) in [6, 6.07) is 25.8. The van der Waals surface area contributed by atoms with Crippen LogP contribution < -0.4 is 5.32 Å². The Bertz CT molecular complexity index is 1020. The highest BCUT2D eigenvalue weighted by molar-refractivity contribution is 6.30. The number of rotatable bonds is 10. The van der Waals surface area contributed by atoms with Crippen LogP contribution in [0.3, 0.4) is 0 Å². The highest BCUT2D eigenvalue weighted by Crippen LogP contribution is 2.25. The summed E-state index contributed by atoms with van der Waals surface area (Å²) in [6.07, 6.45) is 2.53. The van der Waals surface area contributed by atoms with E-state index in [4.69, 9.17) is 11.6 Å². The van der Waals surface area contributed by atoms with Crippen LogP contribution in [0, 0.1) is 0 Å². The molecule has 0 fully saturated rings. The fourth-order valence-electron chi connectivity index (χ4n) is 3.53. The van der Waals surface area contributed by atoms with Crippen LogP contribution in [-0.4, -0.2) is 23.3 Å². The smallest absolute Gasteiger partial charge is 0.247 e. The summed E-state index contributed by atoms with van der Waals surface area (Å²) in [5.41, 5.74) is 2.75. The Balaban J connectivity index is 1.92. The van der Waals surface area contributed by atoms with Crippen LogP contribution in [0.2, 0.25) is 5.02 Å². The van der Waals surface area contributed by atoms with Crippen molar-refractivity contribution in [3.05, 3.63) is 119 Å². The Kier molecular flexibility index (Phi) is 8.64. The molecule has 5 heteroatoms. The van der Waals surface area contributed by atoms with Gasteiger partial charge in [-0.15, -0.1) is 6.58 Å². The minimum Gasteiger partial charge on any atom is -0.351 e. The molecule has 3 aromatic carbocycles. The quantitative estimate of drug-likeness (QED) is 0.427. The molecule has 0 bridgehead atoms. The number of nitrogens with zero attached hydrogens (tertiary/aromatic N) is 1. The third kappa shape index (κ3) is 6.56. The van der Waals surface area contributed by atoms with Crippen LogP contribution in [-0.2, 0) is 22.6 Å². The summed E-state index contributed by atoms with van der Waals surface area (Å²) in [5.74, 6) is -0.329. The van der Waals surface area contributed by atoms with Crippen LogP contribution >= 0.6 is 11.6 Å². The van der Waals surface area contributed by atoms with E-state index in [-0.39, 0.29) is 11.8 Å². The molecule has 2 amide bonds. The molecule has 0 spiro atoms. The Morgan fingerprint density at radius 3 is 2.16 bits per heavy atom. The minimum absolute atomic E-state index is 0.0913. The predicted molar refractivity (Wildman–Crippen MR) is 129 cm³/mol. The molecule has 0 radical (unpaired) electrons. The molecule has 3 rings (SSSR count). The summed E-state index contributed by atoms with van der Waals surface area (Å²) in [6.45, 7) is 4.30. The van der Waals surface area contributed by atoms with Crippen LogP contribution in [0.25, 0.3) is 0 Å². The number of hydrogen-bond acceptors (Lipinski definition) is 2. The number of amides is 2. The van der Waals surface area contributed by atoms with Crippen molar-refractivity contribution >= 4 is 23.4 Å². The summed E-state index contributed by atoms with van der Waals surface area (Å²) < 4.78 is 0. The van der Waals surface area contributed by atoms with E-state index in [2.05, 4.69) is 11.9 Å². The topological polar surface area (TPSA) is 49.4 Å². The van der Waals surface area contributed by atoms with Gasteiger partial charge in [0.1, 0.15) is 6.04 Å². The van der Waals surface area contributed by atoms with E-state index in [9.17, 15) is 9.59 Å². The molecule has 1 atom stereocenters. The lowest BCUT2D eigenvalue weighted by Crippen LogP contribution is -2.43. The Labute approximate surface area is 194 Å². The van der Waals surface area contributed by atoms with E-state index in [0.717, 1.165) is 16.7 Å². The first kappa shape index (κ1) is 23.3. The molecule has 164 valence electrons. The van der Waals surface area contributed by atoms with Crippen molar-refractivity contribution in [2.24, 2.45) is 0 Å². The zero-order valence-corrected chi connectivity index (χ0v) is 18.7. The molecule has 0 heterocycles. The van der Waals surface area contributed by atoms with E-state index in [1.54, 1.807) is 23.1 Å². The molecule has 3 aromatic rings. The number of benzene rings is 3. The first-order valence-electron chi connectivity index (χ1n) is 10.6. The lowest BCUT2D eigenvalue weighted by atomic mass is 10.0. The summed E-state index contributed by atoms with van der Waals surface area (Å²) in [4.78, 5) is 28.3. The van der Waals surface area contributed by atoms with Crippen molar-refractivity contribution < 1.29 is 9.59 Å². The molecule has 0 saturated heterocycles. The fourth-order valence-corrected chi connectivity index (χ4v) is 3.65. The highest BCUT2D eigenvalue weighted by atomic mass is 35.5. The molecule has 4 nitrogen and oxygen atoms in total. The SMILES string of the molecule is C=CCNC(=O)[C@@H](c1ccccc1)N(Cc1ccc(Cl)cc1)C(=O)CCc1ccccc1. The third-order valence-corrected chi connectivity index (χ3v) is 5.40. The van der Waals surface area contributed by atoms with Gasteiger partial charge in [0.2, 0.25) is 11.8 Å². The van der Waals surface area contributed by atoms with Gasteiger partial charge >= 0.3 is 0 Å². The van der Waals surface area contributed by atoms with Crippen molar-refractivity contribution in [2.45, 2.75) is 25.4 Å². The maximum absolute atomic E-state index is 13.5. The zero-order chi connectivity index (χ0) is 22.8. The van der Waals surface area contributed by atoms with Gasteiger partial charge in [0.05, 0.1) is 0 Å². The second kappa shape index (κ2) is 11.9. The van der Waals surface area contributed by atoms with Gasteiger partial charge in [-0.3, -0.25) is 9.59 Å².